The van der Waals surface area contributed by atoms with Crippen LogP contribution in [-0.2, 0) is 0 Å². The summed E-state index contributed by atoms with van der Waals surface area (Å²) in [5.74, 6) is -0.103. The van der Waals surface area contributed by atoms with Crippen molar-refractivity contribution < 1.29 is 9.47 Å². The zero-order valence-electron chi connectivity index (χ0n) is 20.1. The minimum Gasteiger partial charge on any atom is -0.490 e. The van der Waals surface area contributed by atoms with Gasteiger partial charge in [0.15, 0.2) is 16.9 Å². The van der Waals surface area contributed by atoms with Crippen molar-refractivity contribution in [3.63, 3.8) is 0 Å². The first kappa shape index (κ1) is 24.3. The maximum atomic E-state index is 10.3. The lowest BCUT2D eigenvalue weighted by Crippen LogP contribution is -2.50. The molecule has 0 bridgehead atoms. The highest BCUT2D eigenvalue weighted by Gasteiger charge is 2.58. The number of fused-ring (bicyclic) bond motifs is 1. The molecule has 0 aromatic heterocycles. The van der Waals surface area contributed by atoms with Crippen molar-refractivity contribution in [3.8, 4) is 29.7 Å². The molecule has 0 heterocycles. The molecule has 2 aliphatic carbocycles. The number of nitriles is 3. The summed E-state index contributed by atoms with van der Waals surface area (Å²) in [6.45, 7) is 11.3. The van der Waals surface area contributed by atoms with Gasteiger partial charge in [-0.2, -0.15) is 15.8 Å². The van der Waals surface area contributed by atoms with Gasteiger partial charge in [0.2, 0.25) is 0 Å². The molecule has 6 heteroatoms. The lowest BCUT2D eigenvalue weighted by atomic mass is 9.51. The van der Waals surface area contributed by atoms with Crippen LogP contribution in [0.4, 0.5) is 0 Å². The van der Waals surface area contributed by atoms with E-state index in [9.17, 15) is 15.8 Å². The van der Waals surface area contributed by atoms with Crippen LogP contribution < -0.4 is 9.47 Å². The van der Waals surface area contributed by atoms with Crippen LogP contribution in [0.3, 0.4) is 0 Å². The standard InChI is InChI=1S/C27H32N4O2/c1-6-32-22-11-8-17(12-23(22)33-7-2)24-20-13-18(26(3,4)5)9-10-19(20)21(14-28)25(31)27(24,15-29)16-30/h8,10-12,18,20-21,24,31H,6-7,9,13H2,1-5H3/t18?,20-,21?,24+/m0/s1. The van der Waals surface area contributed by atoms with E-state index in [4.69, 9.17) is 14.9 Å². The molecule has 0 radical (unpaired) electrons. The average Bonchev–Trinajstić information content (AvgIpc) is 2.79. The number of ether oxygens (including phenoxy) is 2. The molecular weight excluding hydrogens is 412 g/mol. The second-order valence-corrected chi connectivity index (χ2v) is 9.90. The first-order chi connectivity index (χ1) is 15.7. The average molecular weight is 445 g/mol. The minimum absolute atomic E-state index is 0.0386. The molecule has 2 unspecified atom stereocenters. The van der Waals surface area contributed by atoms with Gasteiger partial charge in [-0.25, -0.2) is 0 Å². The van der Waals surface area contributed by atoms with Gasteiger partial charge in [0.1, 0.15) is 5.92 Å². The van der Waals surface area contributed by atoms with Gasteiger partial charge in [0.05, 0.1) is 37.1 Å². The number of nitrogens with one attached hydrogen (secondary N) is 1. The Kier molecular flexibility index (Phi) is 6.85. The van der Waals surface area contributed by atoms with Crippen LogP contribution in [0.1, 0.15) is 58.9 Å². The van der Waals surface area contributed by atoms with Gasteiger partial charge in [-0.15, -0.1) is 0 Å². The Bertz CT molecular complexity index is 1060. The Morgan fingerprint density at radius 2 is 1.70 bits per heavy atom. The van der Waals surface area contributed by atoms with Crippen LogP contribution in [0.25, 0.3) is 0 Å². The summed E-state index contributed by atoms with van der Waals surface area (Å²) < 4.78 is 11.5. The van der Waals surface area contributed by atoms with E-state index in [2.05, 4.69) is 45.1 Å². The smallest absolute Gasteiger partial charge is 0.189 e. The second kappa shape index (κ2) is 9.29. The quantitative estimate of drug-likeness (QED) is 0.579. The third-order valence-corrected chi connectivity index (χ3v) is 7.15. The van der Waals surface area contributed by atoms with Crippen molar-refractivity contribution in [2.45, 2.75) is 53.4 Å². The van der Waals surface area contributed by atoms with Crippen molar-refractivity contribution in [1.82, 2.24) is 0 Å². The zero-order valence-corrected chi connectivity index (χ0v) is 20.1. The SMILES string of the molecule is CCOc1ccc([C@@H]2[C@H]3CC(C(C)(C)C)CC=C3C(C#N)C(=N)C2(C#N)C#N)cc1OCC. The Hall–Kier alpha value is -3.30. The third-order valence-electron chi connectivity index (χ3n) is 7.15. The fraction of sp³-hybridized carbons (Fsp3) is 0.556. The summed E-state index contributed by atoms with van der Waals surface area (Å²) in [7, 11) is 0. The third kappa shape index (κ3) is 4.09. The predicted molar refractivity (Wildman–Crippen MR) is 126 cm³/mol. The summed E-state index contributed by atoms with van der Waals surface area (Å²) in [6, 6.07) is 12.1. The lowest BCUT2D eigenvalue weighted by molar-refractivity contribution is 0.167. The molecule has 1 N–H and O–H groups in total. The highest BCUT2D eigenvalue weighted by molar-refractivity contribution is 6.00. The maximum Gasteiger partial charge on any atom is 0.189 e. The molecule has 0 aliphatic heterocycles. The van der Waals surface area contributed by atoms with Crippen molar-refractivity contribution in [2.75, 3.05) is 13.2 Å². The van der Waals surface area contributed by atoms with Crippen LogP contribution >= 0.6 is 0 Å². The molecule has 3 rings (SSSR count). The van der Waals surface area contributed by atoms with E-state index in [0.717, 1.165) is 24.0 Å². The second-order valence-electron chi connectivity index (χ2n) is 9.90. The molecule has 1 saturated carbocycles. The molecule has 1 aromatic carbocycles. The number of nitrogens with zero attached hydrogens (tertiary/aromatic N) is 3. The van der Waals surface area contributed by atoms with Gasteiger partial charge in [0, 0.05) is 5.92 Å². The monoisotopic (exact) mass is 444 g/mol. The summed E-state index contributed by atoms with van der Waals surface area (Å²) in [5.41, 5.74) is -0.170. The molecule has 1 fully saturated rings. The molecule has 0 spiro atoms. The maximum absolute atomic E-state index is 10.3. The fourth-order valence-electron chi connectivity index (χ4n) is 5.37. The molecule has 0 amide bonds. The highest BCUT2D eigenvalue weighted by Crippen LogP contribution is 2.58. The van der Waals surface area contributed by atoms with Crippen LogP contribution in [0.2, 0.25) is 0 Å². The van der Waals surface area contributed by atoms with Crippen molar-refractivity contribution in [1.29, 1.82) is 21.2 Å². The van der Waals surface area contributed by atoms with Gasteiger partial charge in [-0.3, -0.25) is 0 Å². The molecule has 6 nitrogen and oxygen atoms in total. The van der Waals surface area contributed by atoms with E-state index >= 15 is 0 Å². The number of benzene rings is 1. The van der Waals surface area contributed by atoms with Crippen molar-refractivity contribution in [3.05, 3.63) is 35.4 Å². The predicted octanol–water partition coefficient (Wildman–Crippen LogP) is 5.77. The van der Waals surface area contributed by atoms with Crippen LogP contribution in [0.5, 0.6) is 11.5 Å². The number of allylic oxidation sites excluding steroid dienone is 2. The minimum atomic E-state index is -1.72. The van der Waals surface area contributed by atoms with Crippen LogP contribution in [-0.4, -0.2) is 18.9 Å². The normalized spacial score (nSPS) is 26.1. The Labute approximate surface area is 196 Å². The zero-order chi connectivity index (χ0) is 24.4. The Balaban J connectivity index is 2.25. The summed E-state index contributed by atoms with van der Waals surface area (Å²) >= 11 is 0. The highest BCUT2D eigenvalue weighted by atomic mass is 16.5. The van der Waals surface area contributed by atoms with Gasteiger partial charge >= 0.3 is 0 Å². The summed E-state index contributed by atoms with van der Waals surface area (Å²) in [4.78, 5) is 0. The molecule has 1 aromatic rings. The fourth-order valence-corrected chi connectivity index (χ4v) is 5.37. The van der Waals surface area contributed by atoms with Gasteiger partial charge < -0.3 is 14.9 Å². The Morgan fingerprint density at radius 3 is 2.24 bits per heavy atom. The number of rotatable bonds is 5. The molecule has 33 heavy (non-hydrogen) atoms. The number of hydrogen-bond donors (Lipinski definition) is 1. The van der Waals surface area contributed by atoms with E-state index in [0.29, 0.717) is 30.6 Å². The molecular formula is C27H32N4O2. The van der Waals surface area contributed by atoms with Gasteiger partial charge in [0.25, 0.3) is 0 Å². The van der Waals surface area contributed by atoms with Crippen LogP contribution in [0, 0.1) is 68.0 Å². The van der Waals surface area contributed by atoms with Gasteiger partial charge in [-0.05, 0) is 67.2 Å². The largest absolute Gasteiger partial charge is 0.490 e. The van der Waals surface area contributed by atoms with Crippen molar-refractivity contribution in [2.24, 2.45) is 28.6 Å². The van der Waals surface area contributed by atoms with E-state index in [-0.39, 0.29) is 17.0 Å². The van der Waals surface area contributed by atoms with Gasteiger partial charge in [-0.1, -0.05) is 32.9 Å². The molecule has 172 valence electrons. The van der Waals surface area contributed by atoms with Crippen molar-refractivity contribution >= 4 is 5.71 Å². The van der Waals surface area contributed by atoms with E-state index in [1.54, 1.807) is 0 Å². The summed E-state index contributed by atoms with van der Waals surface area (Å²) in [5, 5.41) is 39.3. The van der Waals surface area contributed by atoms with E-state index in [1.165, 1.54) is 0 Å². The number of hydrogen-bond acceptors (Lipinski definition) is 6. The first-order valence-corrected chi connectivity index (χ1v) is 11.6. The van der Waals surface area contributed by atoms with E-state index in [1.807, 2.05) is 32.0 Å². The molecule has 0 saturated heterocycles. The Morgan fingerprint density at radius 1 is 1.06 bits per heavy atom. The molecule has 4 atom stereocenters. The van der Waals surface area contributed by atoms with Crippen LogP contribution in [0.15, 0.2) is 29.8 Å². The topological polar surface area (TPSA) is 114 Å². The van der Waals surface area contributed by atoms with E-state index < -0.39 is 17.3 Å². The lowest BCUT2D eigenvalue weighted by Gasteiger charge is -2.49. The summed E-state index contributed by atoms with van der Waals surface area (Å²) in [6.07, 6.45) is 3.68. The molecule has 2 aliphatic rings. The first-order valence-electron chi connectivity index (χ1n) is 11.6.